The predicted molar refractivity (Wildman–Crippen MR) is 84.4 cm³/mol. The monoisotopic (exact) mass is 296 g/mol. The van der Waals surface area contributed by atoms with Crippen LogP contribution in [-0.4, -0.2) is 17.7 Å². The Balaban J connectivity index is 2.22. The van der Waals surface area contributed by atoms with Gasteiger partial charge < -0.3 is 5.11 Å². The lowest BCUT2D eigenvalue weighted by Crippen LogP contribution is -1.86. The predicted octanol–water partition coefficient (Wildman–Crippen LogP) is 4.21. The van der Waals surface area contributed by atoms with Gasteiger partial charge in [0.25, 0.3) is 0 Å². The minimum absolute atomic E-state index is 0.0132. The van der Waals surface area contributed by atoms with Gasteiger partial charge in [-0.15, -0.1) is 11.3 Å². The van der Waals surface area contributed by atoms with Gasteiger partial charge in [-0.05, 0) is 47.0 Å². The quantitative estimate of drug-likeness (QED) is 0.737. The summed E-state index contributed by atoms with van der Waals surface area (Å²) < 4.78 is 0. The Morgan fingerprint density at radius 1 is 1.05 bits per heavy atom. The Hall–Kier alpha value is -2.46. The van der Waals surface area contributed by atoms with E-state index in [2.05, 4.69) is 0 Å². The van der Waals surface area contributed by atoms with Crippen molar-refractivity contribution >= 4 is 34.7 Å². The average molecular weight is 296 g/mol. The lowest BCUT2D eigenvalue weighted by molar-refractivity contribution is 0.111. The van der Waals surface area contributed by atoms with Crippen LogP contribution in [0.4, 0.5) is 0 Å². The zero-order valence-corrected chi connectivity index (χ0v) is 12.1. The number of thiophene rings is 1. The van der Waals surface area contributed by atoms with Crippen molar-refractivity contribution < 1.29 is 14.7 Å². The number of aldehydes is 2. The maximum absolute atomic E-state index is 11.1. The molecule has 1 heterocycles. The molecule has 4 heteroatoms. The molecule has 104 valence electrons. The molecule has 0 atom stereocenters. The summed E-state index contributed by atoms with van der Waals surface area (Å²) in [4.78, 5) is 23.7. The van der Waals surface area contributed by atoms with E-state index in [9.17, 15) is 14.7 Å². The van der Waals surface area contributed by atoms with Crippen molar-refractivity contribution in [1.82, 2.24) is 0 Å². The third kappa shape index (κ3) is 2.23. The van der Waals surface area contributed by atoms with Crippen molar-refractivity contribution in [2.24, 2.45) is 0 Å². The zero-order valence-electron chi connectivity index (χ0n) is 11.3. The molecule has 2 aromatic carbocycles. The first kappa shape index (κ1) is 13.5. The van der Waals surface area contributed by atoms with Crippen molar-refractivity contribution in [3.05, 3.63) is 52.4 Å². The molecular formula is C17H12O3S. The summed E-state index contributed by atoms with van der Waals surface area (Å²) in [6.07, 6.45) is 1.52. The normalized spacial score (nSPS) is 10.7. The minimum Gasteiger partial charge on any atom is -0.507 e. The largest absolute Gasteiger partial charge is 0.507 e. The molecule has 0 aliphatic heterocycles. The maximum atomic E-state index is 11.1. The van der Waals surface area contributed by atoms with Crippen LogP contribution in [0.1, 0.15) is 25.6 Å². The second-order valence-corrected chi connectivity index (χ2v) is 5.91. The molecule has 0 unspecified atom stereocenters. The molecule has 0 amide bonds. The first-order valence-electron chi connectivity index (χ1n) is 6.41. The summed E-state index contributed by atoms with van der Waals surface area (Å²) in [5.41, 5.74) is 2.35. The second-order valence-electron chi connectivity index (χ2n) is 4.83. The van der Waals surface area contributed by atoms with E-state index in [0.29, 0.717) is 16.7 Å². The van der Waals surface area contributed by atoms with Gasteiger partial charge in [0.1, 0.15) is 5.75 Å². The average Bonchev–Trinajstić information content (AvgIpc) is 2.88. The number of carbonyl (C=O) groups is 2. The van der Waals surface area contributed by atoms with Crippen LogP contribution in [0.15, 0.2) is 36.4 Å². The molecule has 0 saturated carbocycles. The van der Waals surface area contributed by atoms with E-state index in [-0.39, 0.29) is 5.75 Å². The van der Waals surface area contributed by atoms with Crippen LogP contribution < -0.4 is 0 Å². The van der Waals surface area contributed by atoms with E-state index in [1.165, 1.54) is 17.4 Å². The summed E-state index contributed by atoms with van der Waals surface area (Å²) in [7, 11) is 0. The van der Waals surface area contributed by atoms with Crippen molar-refractivity contribution in [2.45, 2.75) is 6.92 Å². The van der Waals surface area contributed by atoms with Crippen LogP contribution in [0, 0.1) is 6.92 Å². The molecule has 21 heavy (non-hydrogen) atoms. The van der Waals surface area contributed by atoms with Gasteiger partial charge in [-0.25, -0.2) is 0 Å². The van der Waals surface area contributed by atoms with E-state index < -0.39 is 0 Å². The van der Waals surface area contributed by atoms with Crippen LogP contribution in [0.25, 0.3) is 21.2 Å². The Kier molecular flexibility index (Phi) is 3.31. The number of hydrogen-bond acceptors (Lipinski definition) is 4. The first-order valence-corrected chi connectivity index (χ1v) is 7.22. The Morgan fingerprint density at radius 2 is 1.86 bits per heavy atom. The van der Waals surface area contributed by atoms with Gasteiger partial charge >= 0.3 is 0 Å². The van der Waals surface area contributed by atoms with E-state index in [1.807, 2.05) is 31.2 Å². The van der Waals surface area contributed by atoms with Gasteiger partial charge in [-0.1, -0.05) is 18.2 Å². The topological polar surface area (TPSA) is 54.4 Å². The van der Waals surface area contributed by atoms with Crippen LogP contribution in [0.3, 0.4) is 0 Å². The highest BCUT2D eigenvalue weighted by Crippen LogP contribution is 2.35. The van der Waals surface area contributed by atoms with Gasteiger partial charge in [0.05, 0.1) is 10.4 Å². The number of aromatic hydroxyl groups is 1. The minimum atomic E-state index is -0.0132. The molecule has 0 aliphatic carbocycles. The molecule has 0 saturated heterocycles. The fraction of sp³-hybridized carbons (Fsp3) is 0.0588. The number of aryl methyl sites for hydroxylation is 1. The van der Waals surface area contributed by atoms with Crippen LogP contribution >= 0.6 is 11.3 Å². The molecular weight excluding hydrogens is 284 g/mol. The standard InChI is InChI=1S/C17H12O3S/c1-10-6-13(8-18)21-17(10)12-2-4-14-11(7-12)3-5-16(20)15(14)9-19/h2-9,20H,1H3. The Bertz CT molecular complexity index is 862. The fourth-order valence-corrected chi connectivity index (χ4v) is 3.44. The highest BCUT2D eigenvalue weighted by atomic mass is 32.1. The van der Waals surface area contributed by atoms with E-state index in [0.717, 1.165) is 33.1 Å². The molecule has 0 spiro atoms. The third-order valence-corrected chi connectivity index (χ3v) is 4.68. The number of hydrogen-bond donors (Lipinski definition) is 1. The number of phenolic OH excluding ortho intramolecular Hbond substituents is 1. The van der Waals surface area contributed by atoms with Gasteiger partial charge in [-0.2, -0.15) is 0 Å². The van der Waals surface area contributed by atoms with Crippen LogP contribution in [0.5, 0.6) is 5.75 Å². The Labute approximate surface area is 125 Å². The molecule has 1 N–H and O–H groups in total. The number of rotatable bonds is 3. The van der Waals surface area contributed by atoms with Crippen molar-refractivity contribution in [1.29, 1.82) is 0 Å². The van der Waals surface area contributed by atoms with E-state index in [1.54, 1.807) is 6.07 Å². The van der Waals surface area contributed by atoms with Crippen LogP contribution in [-0.2, 0) is 0 Å². The molecule has 0 radical (unpaired) electrons. The van der Waals surface area contributed by atoms with E-state index >= 15 is 0 Å². The summed E-state index contributed by atoms with van der Waals surface area (Å²) in [5, 5.41) is 11.3. The van der Waals surface area contributed by atoms with Crippen molar-refractivity contribution in [2.75, 3.05) is 0 Å². The van der Waals surface area contributed by atoms with Gasteiger partial charge in [0, 0.05) is 4.88 Å². The molecule has 0 fully saturated rings. The molecule has 0 bridgehead atoms. The number of carbonyl (C=O) groups excluding carboxylic acids is 2. The van der Waals surface area contributed by atoms with E-state index in [4.69, 9.17) is 0 Å². The highest BCUT2D eigenvalue weighted by molar-refractivity contribution is 7.17. The molecule has 3 nitrogen and oxygen atoms in total. The number of phenols is 1. The van der Waals surface area contributed by atoms with Crippen LogP contribution in [0.2, 0.25) is 0 Å². The SMILES string of the molecule is Cc1cc(C=O)sc1-c1ccc2c(C=O)c(O)ccc2c1. The van der Waals surface area contributed by atoms with Gasteiger partial charge in [0.15, 0.2) is 12.6 Å². The van der Waals surface area contributed by atoms with Gasteiger partial charge in [0.2, 0.25) is 0 Å². The van der Waals surface area contributed by atoms with Crippen molar-refractivity contribution in [3.8, 4) is 16.2 Å². The zero-order chi connectivity index (χ0) is 15.0. The maximum Gasteiger partial charge on any atom is 0.160 e. The molecule has 3 rings (SSSR count). The van der Waals surface area contributed by atoms with Crippen molar-refractivity contribution in [3.63, 3.8) is 0 Å². The summed E-state index contributed by atoms with van der Waals surface area (Å²) in [5.74, 6) is -0.0132. The highest BCUT2D eigenvalue weighted by Gasteiger charge is 2.11. The molecule has 0 aliphatic rings. The second kappa shape index (κ2) is 5.14. The van der Waals surface area contributed by atoms with Gasteiger partial charge in [-0.3, -0.25) is 9.59 Å². The number of fused-ring (bicyclic) bond motifs is 1. The lowest BCUT2D eigenvalue weighted by atomic mass is 10.0. The summed E-state index contributed by atoms with van der Waals surface area (Å²) in [6.45, 7) is 1.97. The first-order chi connectivity index (χ1) is 10.1. The number of benzene rings is 2. The fourth-order valence-electron chi connectivity index (χ4n) is 2.46. The molecule has 1 aromatic heterocycles. The summed E-state index contributed by atoms with van der Waals surface area (Å²) in [6, 6.07) is 10.9. The molecule has 3 aromatic rings. The smallest absolute Gasteiger partial charge is 0.160 e. The Morgan fingerprint density at radius 3 is 2.52 bits per heavy atom. The lowest BCUT2D eigenvalue weighted by Gasteiger charge is -2.06. The third-order valence-electron chi connectivity index (χ3n) is 3.47. The summed E-state index contributed by atoms with van der Waals surface area (Å²) >= 11 is 1.45.